The van der Waals surface area contributed by atoms with Crippen LogP contribution < -0.4 is 10.4 Å². The van der Waals surface area contributed by atoms with Crippen LogP contribution in [0, 0.1) is 0 Å². The van der Waals surface area contributed by atoms with Gasteiger partial charge in [0.15, 0.2) is 0 Å². The highest BCUT2D eigenvalue weighted by Crippen LogP contribution is 2.35. The van der Waals surface area contributed by atoms with Crippen LogP contribution in [0.1, 0.15) is 32.7 Å². The molecule has 1 aromatic carbocycles. The maximum atomic E-state index is 12.9. The molecule has 4 rings (SSSR count). The van der Waals surface area contributed by atoms with E-state index >= 15 is 0 Å². The van der Waals surface area contributed by atoms with E-state index in [9.17, 15) is 22.8 Å². The van der Waals surface area contributed by atoms with Gasteiger partial charge in [-0.25, -0.2) is 15.4 Å². The van der Waals surface area contributed by atoms with Crippen molar-refractivity contribution in [3.05, 3.63) is 53.3 Å². The summed E-state index contributed by atoms with van der Waals surface area (Å²) >= 11 is 0. The van der Waals surface area contributed by atoms with Gasteiger partial charge in [0.1, 0.15) is 0 Å². The van der Waals surface area contributed by atoms with Crippen LogP contribution in [-0.4, -0.2) is 57.1 Å². The average Bonchev–Trinajstić information content (AvgIpc) is 3.33. The standard InChI is InChI=1S/C18H16F3N5O3/c19-18(20,21)12-3-1-2-10(4-12)16(28)25-8-14-5-13(25)9-26(14)17-22-6-11(7-23-17)15(27)24-29/h1-4,6-7,13-14,29H,5,8-9H2,(H,24,27)/t13-,14-/m0/s1. The normalized spacial score (nSPS) is 20.8. The van der Waals surface area contributed by atoms with Gasteiger partial charge in [0, 0.05) is 31.0 Å². The van der Waals surface area contributed by atoms with E-state index in [-0.39, 0.29) is 23.2 Å². The second-order valence-electron chi connectivity index (χ2n) is 6.94. The molecule has 2 aromatic rings. The van der Waals surface area contributed by atoms with E-state index in [1.165, 1.54) is 30.0 Å². The number of amides is 2. The number of fused-ring (bicyclic) bond motifs is 2. The summed E-state index contributed by atoms with van der Waals surface area (Å²) in [5.41, 5.74) is 0.753. The third-order valence-electron chi connectivity index (χ3n) is 5.20. The predicted octanol–water partition coefficient (Wildman–Crippen LogP) is 1.72. The molecule has 29 heavy (non-hydrogen) atoms. The van der Waals surface area contributed by atoms with Crippen LogP contribution >= 0.6 is 0 Å². The van der Waals surface area contributed by atoms with Gasteiger partial charge in [0.25, 0.3) is 11.8 Å². The largest absolute Gasteiger partial charge is 0.416 e. The number of aromatic nitrogens is 2. The number of hydrogen-bond acceptors (Lipinski definition) is 6. The number of piperazine rings is 1. The van der Waals surface area contributed by atoms with Crippen LogP contribution in [-0.2, 0) is 6.18 Å². The lowest BCUT2D eigenvalue weighted by Crippen LogP contribution is -2.49. The van der Waals surface area contributed by atoms with E-state index in [1.54, 1.807) is 4.90 Å². The number of hydroxylamine groups is 1. The summed E-state index contributed by atoms with van der Waals surface area (Å²) in [5.74, 6) is -0.769. The second-order valence-corrected chi connectivity index (χ2v) is 6.94. The van der Waals surface area contributed by atoms with Gasteiger partial charge in [-0.15, -0.1) is 0 Å². The Kier molecular flexibility index (Phi) is 4.61. The number of carbonyl (C=O) groups excluding carboxylic acids is 2. The first kappa shape index (κ1) is 19.1. The smallest absolute Gasteiger partial charge is 0.334 e. The van der Waals surface area contributed by atoms with Gasteiger partial charge < -0.3 is 9.80 Å². The summed E-state index contributed by atoms with van der Waals surface area (Å²) < 4.78 is 38.7. The number of anilines is 1. The topological polar surface area (TPSA) is 98.7 Å². The van der Waals surface area contributed by atoms with Gasteiger partial charge in [-0.05, 0) is 24.6 Å². The molecule has 2 N–H and O–H groups in total. The van der Waals surface area contributed by atoms with Crippen molar-refractivity contribution in [2.45, 2.75) is 24.7 Å². The third-order valence-corrected chi connectivity index (χ3v) is 5.20. The summed E-state index contributed by atoms with van der Waals surface area (Å²) in [5, 5.41) is 8.63. The minimum Gasteiger partial charge on any atom is -0.334 e. The predicted molar refractivity (Wildman–Crippen MR) is 93.3 cm³/mol. The van der Waals surface area contributed by atoms with Crippen molar-refractivity contribution in [1.29, 1.82) is 0 Å². The van der Waals surface area contributed by atoms with Gasteiger partial charge in [-0.2, -0.15) is 13.2 Å². The second kappa shape index (κ2) is 6.99. The Hall–Kier alpha value is -3.21. The summed E-state index contributed by atoms with van der Waals surface area (Å²) in [6, 6.07) is 4.20. The van der Waals surface area contributed by atoms with E-state index in [2.05, 4.69) is 9.97 Å². The molecule has 3 heterocycles. The first-order valence-electron chi connectivity index (χ1n) is 8.79. The Bertz CT molecular complexity index is 951. The van der Waals surface area contributed by atoms with Gasteiger partial charge in [0.05, 0.1) is 23.2 Å². The maximum absolute atomic E-state index is 12.9. The van der Waals surface area contributed by atoms with Gasteiger partial charge in [-0.1, -0.05) is 6.07 Å². The highest BCUT2D eigenvalue weighted by molar-refractivity contribution is 5.95. The molecule has 2 saturated heterocycles. The minimum atomic E-state index is -4.51. The highest BCUT2D eigenvalue weighted by atomic mass is 19.4. The lowest BCUT2D eigenvalue weighted by atomic mass is 10.1. The zero-order valence-corrected chi connectivity index (χ0v) is 14.9. The quantitative estimate of drug-likeness (QED) is 0.594. The maximum Gasteiger partial charge on any atom is 0.416 e. The Morgan fingerprint density at radius 2 is 1.83 bits per heavy atom. The highest BCUT2D eigenvalue weighted by Gasteiger charge is 2.46. The molecule has 0 unspecified atom stereocenters. The van der Waals surface area contributed by atoms with Crippen LogP contribution in [0.25, 0.3) is 0 Å². The van der Waals surface area contributed by atoms with E-state index in [0.717, 1.165) is 12.1 Å². The first-order valence-corrected chi connectivity index (χ1v) is 8.79. The summed E-state index contributed by atoms with van der Waals surface area (Å²) in [4.78, 5) is 35.8. The molecule has 2 aliphatic heterocycles. The summed E-state index contributed by atoms with van der Waals surface area (Å²) in [7, 11) is 0. The molecule has 8 nitrogen and oxygen atoms in total. The Balaban J connectivity index is 1.47. The number of likely N-dealkylation sites (tertiary alicyclic amines) is 1. The molecule has 0 radical (unpaired) electrons. The molecule has 2 fully saturated rings. The van der Waals surface area contributed by atoms with E-state index in [4.69, 9.17) is 5.21 Å². The van der Waals surface area contributed by atoms with Crippen molar-refractivity contribution in [2.24, 2.45) is 0 Å². The molecule has 1 aromatic heterocycles. The van der Waals surface area contributed by atoms with Crippen LogP contribution in [0.5, 0.6) is 0 Å². The molecular formula is C18H16F3N5O3. The SMILES string of the molecule is O=C(NO)c1cnc(N2C[C@@H]3C[C@H]2CN3C(=O)c2cccc(C(F)(F)F)c2)nc1. The molecule has 152 valence electrons. The van der Waals surface area contributed by atoms with Crippen LogP contribution in [0.4, 0.5) is 19.1 Å². The number of nitrogens with one attached hydrogen (secondary N) is 1. The molecule has 2 amide bonds. The van der Waals surface area contributed by atoms with Crippen molar-refractivity contribution < 1.29 is 28.0 Å². The number of nitrogens with zero attached hydrogens (tertiary/aromatic N) is 4. The molecule has 0 saturated carbocycles. The summed E-state index contributed by atoms with van der Waals surface area (Å²) in [6.07, 6.45) is -1.28. The fraction of sp³-hybridized carbons (Fsp3) is 0.333. The number of benzene rings is 1. The molecule has 2 atom stereocenters. The molecule has 0 spiro atoms. The molecule has 0 aliphatic carbocycles. The van der Waals surface area contributed by atoms with E-state index in [1.807, 2.05) is 4.90 Å². The number of alkyl halides is 3. The monoisotopic (exact) mass is 407 g/mol. The van der Waals surface area contributed by atoms with E-state index in [0.29, 0.717) is 25.5 Å². The fourth-order valence-corrected chi connectivity index (χ4v) is 3.81. The molecular weight excluding hydrogens is 391 g/mol. The number of halogens is 3. The Morgan fingerprint density at radius 1 is 1.10 bits per heavy atom. The third kappa shape index (κ3) is 3.48. The van der Waals surface area contributed by atoms with Crippen molar-refractivity contribution in [2.75, 3.05) is 18.0 Å². The molecule has 11 heteroatoms. The van der Waals surface area contributed by atoms with Gasteiger partial charge >= 0.3 is 6.18 Å². The van der Waals surface area contributed by atoms with Gasteiger partial charge in [0.2, 0.25) is 5.95 Å². The van der Waals surface area contributed by atoms with Crippen LogP contribution in [0.2, 0.25) is 0 Å². The zero-order valence-electron chi connectivity index (χ0n) is 14.9. The van der Waals surface area contributed by atoms with Gasteiger partial charge in [-0.3, -0.25) is 14.8 Å². The lowest BCUT2D eigenvalue weighted by Gasteiger charge is -2.34. The number of rotatable bonds is 3. The van der Waals surface area contributed by atoms with Crippen LogP contribution in [0.15, 0.2) is 36.7 Å². The van der Waals surface area contributed by atoms with E-state index < -0.39 is 23.6 Å². The van der Waals surface area contributed by atoms with Crippen LogP contribution in [0.3, 0.4) is 0 Å². The molecule has 2 aliphatic rings. The number of carbonyl (C=O) groups is 2. The Labute approximate surface area is 162 Å². The van der Waals surface area contributed by atoms with Crippen molar-refractivity contribution >= 4 is 17.8 Å². The Morgan fingerprint density at radius 3 is 2.41 bits per heavy atom. The molecule has 2 bridgehead atoms. The first-order chi connectivity index (χ1) is 13.8. The average molecular weight is 407 g/mol. The zero-order chi connectivity index (χ0) is 20.8. The van der Waals surface area contributed by atoms with Crippen molar-refractivity contribution in [3.8, 4) is 0 Å². The lowest BCUT2D eigenvalue weighted by molar-refractivity contribution is -0.137. The number of hydrogen-bond donors (Lipinski definition) is 2. The van der Waals surface area contributed by atoms with Crippen molar-refractivity contribution in [3.63, 3.8) is 0 Å². The minimum absolute atomic E-state index is 0.00884. The van der Waals surface area contributed by atoms with Crippen molar-refractivity contribution in [1.82, 2.24) is 20.3 Å². The summed E-state index contributed by atoms with van der Waals surface area (Å²) in [6.45, 7) is 0.795. The fourth-order valence-electron chi connectivity index (χ4n) is 3.81.